The van der Waals surface area contributed by atoms with Crippen LogP contribution in [0.2, 0.25) is 0 Å². The van der Waals surface area contributed by atoms with Gasteiger partial charge < -0.3 is 10.2 Å². The number of alkyl halides is 3. The number of nitrogens with one attached hydrogen (secondary N) is 1. The summed E-state index contributed by atoms with van der Waals surface area (Å²) in [6.45, 7) is 4.65. The molecule has 0 aromatic heterocycles. The van der Waals surface area contributed by atoms with Crippen molar-refractivity contribution >= 4 is 23.2 Å². The summed E-state index contributed by atoms with van der Waals surface area (Å²) in [5.41, 5.74) is -0.213. The van der Waals surface area contributed by atoms with E-state index in [-0.39, 0.29) is 17.2 Å². The van der Waals surface area contributed by atoms with Gasteiger partial charge >= 0.3 is 6.18 Å². The standard InChI is InChI=1S/C21H21F3N4O2/c1-12(2)11-28(3)20(30)13-7-9-14(10-8-13)26-27-18-15-5-4-6-16(21(22,23)24)17(15)25-19(18)29/h4-10,12,18H,11H2,1-3H3,(H,25,29)/t18-/m0/s1. The largest absolute Gasteiger partial charge is 0.418 e. The Labute approximate surface area is 171 Å². The van der Waals surface area contributed by atoms with Crippen molar-refractivity contribution in [3.8, 4) is 0 Å². The van der Waals surface area contributed by atoms with Crippen LogP contribution in [-0.4, -0.2) is 30.3 Å². The van der Waals surface area contributed by atoms with Gasteiger partial charge in [-0.15, -0.1) is 0 Å². The Hall–Kier alpha value is -3.23. The first kappa shape index (κ1) is 21.5. The smallest absolute Gasteiger partial charge is 0.341 e. The lowest BCUT2D eigenvalue weighted by atomic mass is 10.0. The number of nitrogens with zero attached hydrogens (tertiary/aromatic N) is 3. The second kappa shape index (κ2) is 8.25. The Morgan fingerprint density at radius 1 is 1.17 bits per heavy atom. The molecule has 0 saturated carbocycles. The van der Waals surface area contributed by atoms with E-state index in [2.05, 4.69) is 15.5 Å². The molecule has 30 heavy (non-hydrogen) atoms. The molecular weight excluding hydrogens is 397 g/mol. The van der Waals surface area contributed by atoms with Crippen LogP contribution < -0.4 is 5.32 Å². The van der Waals surface area contributed by atoms with Gasteiger partial charge in [-0.05, 0) is 36.2 Å². The number of carbonyl (C=O) groups is 2. The fourth-order valence-corrected chi connectivity index (χ4v) is 3.27. The van der Waals surface area contributed by atoms with E-state index in [4.69, 9.17) is 0 Å². The van der Waals surface area contributed by atoms with Crippen molar-refractivity contribution in [2.45, 2.75) is 26.1 Å². The Balaban J connectivity index is 1.78. The van der Waals surface area contributed by atoms with Crippen LogP contribution in [0.1, 0.15) is 41.4 Å². The quantitative estimate of drug-likeness (QED) is 0.677. The van der Waals surface area contributed by atoms with E-state index in [1.54, 1.807) is 36.2 Å². The molecule has 0 aliphatic carbocycles. The van der Waals surface area contributed by atoms with Gasteiger partial charge in [0.15, 0.2) is 6.04 Å². The zero-order chi connectivity index (χ0) is 22.1. The molecule has 2 amide bonds. The molecule has 2 aromatic carbocycles. The van der Waals surface area contributed by atoms with Crippen molar-refractivity contribution < 1.29 is 22.8 Å². The number of amides is 2. The summed E-state index contributed by atoms with van der Waals surface area (Å²) in [4.78, 5) is 26.2. The third-order valence-electron chi connectivity index (χ3n) is 4.58. The molecule has 1 heterocycles. The minimum Gasteiger partial charge on any atom is -0.341 e. The van der Waals surface area contributed by atoms with Crippen LogP contribution in [0.4, 0.5) is 24.5 Å². The lowest BCUT2D eigenvalue weighted by Crippen LogP contribution is -2.30. The highest BCUT2D eigenvalue weighted by Gasteiger charge is 2.40. The van der Waals surface area contributed by atoms with Crippen molar-refractivity contribution in [3.63, 3.8) is 0 Å². The molecule has 3 rings (SSSR count). The molecule has 0 saturated heterocycles. The number of para-hydroxylation sites is 1. The number of hydrogen-bond acceptors (Lipinski definition) is 4. The van der Waals surface area contributed by atoms with Crippen LogP contribution in [0, 0.1) is 5.92 Å². The van der Waals surface area contributed by atoms with Crippen molar-refractivity contribution in [3.05, 3.63) is 59.2 Å². The number of azo groups is 1. The van der Waals surface area contributed by atoms with Crippen molar-refractivity contribution in [2.75, 3.05) is 18.9 Å². The van der Waals surface area contributed by atoms with E-state index in [0.717, 1.165) is 6.07 Å². The molecule has 6 nitrogen and oxygen atoms in total. The minimum absolute atomic E-state index is 0.126. The maximum absolute atomic E-state index is 13.1. The van der Waals surface area contributed by atoms with Crippen molar-refractivity contribution in [1.29, 1.82) is 0 Å². The average molecular weight is 418 g/mol. The van der Waals surface area contributed by atoms with E-state index >= 15 is 0 Å². The number of rotatable bonds is 5. The van der Waals surface area contributed by atoms with Crippen LogP contribution in [-0.2, 0) is 11.0 Å². The number of halogens is 3. The first-order chi connectivity index (χ1) is 14.1. The Kier molecular flexibility index (Phi) is 5.91. The predicted molar refractivity (Wildman–Crippen MR) is 106 cm³/mol. The first-order valence-corrected chi connectivity index (χ1v) is 9.35. The summed E-state index contributed by atoms with van der Waals surface area (Å²) in [6.07, 6.45) is -4.59. The molecule has 0 fully saturated rings. The summed E-state index contributed by atoms with van der Waals surface area (Å²) in [6, 6.07) is 8.72. The van der Waals surface area contributed by atoms with Gasteiger partial charge in [0, 0.05) is 24.7 Å². The number of anilines is 1. The summed E-state index contributed by atoms with van der Waals surface area (Å²) < 4.78 is 39.4. The summed E-state index contributed by atoms with van der Waals surface area (Å²) in [5.74, 6) is -0.464. The van der Waals surface area contributed by atoms with E-state index in [9.17, 15) is 22.8 Å². The fourth-order valence-electron chi connectivity index (χ4n) is 3.27. The molecule has 1 aliphatic rings. The molecule has 1 N–H and O–H groups in total. The second-order valence-corrected chi connectivity index (χ2v) is 7.50. The third kappa shape index (κ3) is 4.50. The van der Waals surface area contributed by atoms with Gasteiger partial charge in [0.2, 0.25) is 0 Å². The molecule has 2 aromatic rings. The first-order valence-electron chi connectivity index (χ1n) is 9.35. The van der Waals surface area contributed by atoms with Crippen LogP contribution in [0.3, 0.4) is 0 Å². The molecule has 158 valence electrons. The molecule has 9 heteroatoms. The van der Waals surface area contributed by atoms with Crippen molar-refractivity contribution in [1.82, 2.24) is 4.90 Å². The summed E-state index contributed by atoms with van der Waals surface area (Å²) >= 11 is 0. The number of carbonyl (C=O) groups excluding carboxylic acids is 2. The third-order valence-corrected chi connectivity index (χ3v) is 4.58. The summed E-state index contributed by atoms with van der Waals surface area (Å²) in [5, 5.41) is 10.2. The average Bonchev–Trinajstić information content (AvgIpc) is 2.99. The van der Waals surface area contributed by atoms with Crippen LogP contribution in [0.15, 0.2) is 52.7 Å². The highest BCUT2D eigenvalue weighted by molar-refractivity contribution is 6.03. The van der Waals surface area contributed by atoms with Crippen LogP contribution in [0.5, 0.6) is 0 Å². The maximum atomic E-state index is 13.1. The summed E-state index contributed by atoms with van der Waals surface area (Å²) in [7, 11) is 1.72. The molecule has 1 aliphatic heterocycles. The van der Waals surface area contributed by atoms with E-state index in [1.807, 2.05) is 13.8 Å². The Morgan fingerprint density at radius 3 is 2.43 bits per heavy atom. The van der Waals surface area contributed by atoms with E-state index in [1.165, 1.54) is 12.1 Å². The lowest BCUT2D eigenvalue weighted by molar-refractivity contribution is -0.136. The van der Waals surface area contributed by atoms with Gasteiger partial charge in [-0.25, -0.2) is 0 Å². The molecule has 0 bridgehead atoms. The van der Waals surface area contributed by atoms with Gasteiger partial charge in [-0.1, -0.05) is 26.0 Å². The second-order valence-electron chi connectivity index (χ2n) is 7.50. The normalized spacial score (nSPS) is 16.1. The van der Waals surface area contributed by atoms with E-state index in [0.29, 0.717) is 23.7 Å². The van der Waals surface area contributed by atoms with Crippen LogP contribution in [0.25, 0.3) is 0 Å². The minimum atomic E-state index is -4.59. The fraction of sp³-hybridized carbons (Fsp3) is 0.333. The predicted octanol–water partition coefficient (Wildman–Crippen LogP) is 5.21. The van der Waals surface area contributed by atoms with Gasteiger partial charge in [0.1, 0.15) is 0 Å². The topological polar surface area (TPSA) is 74.1 Å². The van der Waals surface area contributed by atoms with E-state index < -0.39 is 23.7 Å². The zero-order valence-corrected chi connectivity index (χ0v) is 16.7. The van der Waals surface area contributed by atoms with Gasteiger partial charge in [-0.2, -0.15) is 23.4 Å². The SMILES string of the molecule is CC(C)CN(C)C(=O)c1ccc(N=N[C@@H]2C(=O)Nc3c2cccc3C(F)(F)F)cc1. The molecule has 0 unspecified atom stereocenters. The van der Waals surface area contributed by atoms with Gasteiger partial charge in [-0.3, -0.25) is 9.59 Å². The zero-order valence-electron chi connectivity index (χ0n) is 16.7. The van der Waals surface area contributed by atoms with Crippen molar-refractivity contribution in [2.24, 2.45) is 16.1 Å². The number of hydrogen-bond donors (Lipinski definition) is 1. The maximum Gasteiger partial charge on any atom is 0.418 e. The Morgan fingerprint density at radius 2 is 1.83 bits per heavy atom. The van der Waals surface area contributed by atoms with Gasteiger partial charge in [0.25, 0.3) is 11.8 Å². The molecular formula is C21H21F3N4O2. The lowest BCUT2D eigenvalue weighted by Gasteiger charge is -2.19. The van der Waals surface area contributed by atoms with Crippen LogP contribution >= 0.6 is 0 Å². The number of benzene rings is 2. The highest BCUT2D eigenvalue weighted by atomic mass is 19.4. The molecule has 1 atom stereocenters. The molecule has 0 radical (unpaired) electrons. The molecule has 0 spiro atoms. The van der Waals surface area contributed by atoms with Gasteiger partial charge in [0.05, 0.1) is 16.9 Å². The number of fused-ring (bicyclic) bond motifs is 1. The highest BCUT2D eigenvalue weighted by Crippen LogP contribution is 2.43. The monoisotopic (exact) mass is 418 g/mol. The Bertz CT molecular complexity index is 985.